The first kappa shape index (κ1) is 22.2. The predicted octanol–water partition coefficient (Wildman–Crippen LogP) is 2.74. The molecule has 0 saturated heterocycles. The van der Waals surface area contributed by atoms with Crippen molar-refractivity contribution in [2.24, 2.45) is 12.0 Å². The summed E-state index contributed by atoms with van der Waals surface area (Å²) < 4.78 is 20.4. The molecule has 0 aliphatic rings. The van der Waals surface area contributed by atoms with Crippen molar-refractivity contribution in [3.05, 3.63) is 48.0 Å². The number of guanidine groups is 1. The summed E-state index contributed by atoms with van der Waals surface area (Å²) in [5.74, 6) is 1.12. The Bertz CT molecular complexity index is 674. The maximum absolute atomic E-state index is 12.9. The Morgan fingerprint density at radius 3 is 2.65 bits per heavy atom. The van der Waals surface area contributed by atoms with E-state index in [9.17, 15) is 4.39 Å². The summed E-state index contributed by atoms with van der Waals surface area (Å²) in [6.07, 6.45) is 4.63. The van der Waals surface area contributed by atoms with E-state index in [0.717, 1.165) is 25.5 Å². The Balaban J connectivity index is 0.00000338. The second-order valence-electron chi connectivity index (χ2n) is 5.80. The number of aromatic nitrogens is 2. The van der Waals surface area contributed by atoms with Crippen LogP contribution in [0.15, 0.2) is 41.7 Å². The van der Waals surface area contributed by atoms with Crippen molar-refractivity contribution < 1.29 is 9.13 Å². The van der Waals surface area contributed by atoms with Crippen molar-refractivity contribution in [3.8, 4) is 5.75 Å². The fourth-order valence-electron chi connectivity index (χ4n) is 2.27. The molecule has 0 aliphatic heterocycles. The van der Waals surface area contributed by atoms with Crippen LogP contribution in [0.3, 0.4) is 0 Å². The standard InChI is InChI=1S/C18H26FN5O.HI/c1-4-20-18(21-10-9-15-12-23-24(3)13-15)22-11-14(2)25-17-7-5-16(19)6-8-17;/h5-8,12-14H,4,9-11H2,1-3H3,(H2,20,21,22);1H. The first-order chi connectivity index (χ1) is 12.1. The number of hydrogen-bond acceptors (Lipinski definition) is 3. The lowest BCUT2D eigenvalue weighted by Crippen LogP contribution is -2.39. The third-order valence-corrected chi connectivity index (χ3v) is 3.47. The summed E-state index contributed by atoms with van der Waals surface area (Å²) >= 11 is 0. The van der Waals surface area contributed by atoms with E-state index in [0.29, 0.717) is 12.3 Å². The van der Waals surface area contributed by atoms with Crippen molar-refractivity contribution in [2.45, 2.75) is 26.4 Å². The van der Waals surface area contributed by atoms with Gasteiger partial charge in [-0.1, -0.05) is 0 Å². The van der Waals surface area contributed by atoms with Crippen molar-refractivity contribution in [3.63, 3.8) is 0 Å². The molecular weight excluding hydrogens is 448 g/mol. The first-order valence-electron chi connectivity index (χ1n) is 8.48. The maximum Gasteiger partial charge on any atom is 0.191 e. The second kappa shape index (κ2) is 11.7. The molecule has 1 unspecified atom stereocenters. The number of hydrogen-bond donors (Lipinski definition) is 2. The molecule has 26 heavy (non-hydrogen) atoms. The number of nitrogens with zero attached hydrogens (tertiary/aromatic N) is 3. The summed E-state index contributed by atoms with van der Waals surface area (Å²) in [7, 11) is 1.91. The molecule has 2 rings (SSSR count). The van der Waals surface area contributed by atoms with E-state index in [2.05, 4.69) is 20.7 Å². The van der Waals surface area contributed by atoms with E-state index in [1.54, 1.807) is 16.8 Å². The van der Waals surface area contributed by atoms with Crippen LogP contribution in [0.2, 0.25) is 0 Å². The fraction of sp³-hybridized carbons (Fsp3) is 0.444. The number of ether oxygens (including phenoxy) is 1. The lowest BCUT2D eigenvalue weighted by atomic mass is 10.2. The third kappa shape index (κ3) is 8.03. The summed E-state index contributed by atoms with van der Waals surface area (Å²) in [6, 6.07) is 6.00. The highest BCUT2D eigenvalue weighted by molar-refractivity contribution is 14.0. The van der Waals surface area contributed by atoms with E-state index in [-0.39, 0.29) is 35.9 Å². The number of halogens is 2. The zero-order chi connectivity index (χ0) is 18.1. The van der Waals surface area contributed by atoms with Gasteiger partial charge in [-0.15, -0.1) is 24.0 Å². The van der Waals surface area contributed by atoms with Crippen LogP contribution < -0.4 is 15.4 Å². The molecule has 0 amide bonds. The molecule has 1 atom stereocenters. The van der Waals surface area contributed by atoms with Crippen molar-refractivity contribution in [2.75, 3.05) is 19.6 Å². The molecule has 0 fully saturated rings. The maximum atomic E-state index is 12.9. The molecular formula is C18H27FIN5O. The van der Waals surface area contributed by atoms with Gasteiger partial charge in [0.15, 0.2) is 5.96 Å². The SMILES string of the molecule is CCNC(=NCC(C)Oc1ccc(F)cc1)NCCc1cnn(C)c1.I. The lowest BCUT2D eigenvalue weighted by Gasteiger charge is -2.15. The zero-order valence-corrected chi connectivity index (χ0v) is 17.7. The number of aryl methyl sites for hydroxylation is 1. The second-order valence-corrected chi connectivity index (χ2v) is 5.80. The van der Waals surface area contributed by atoms with E-state index in [1.165, 1.54) is 17.7 Å². The van der Waals surface area contributed by atoms with Gasteiger partial charge >= 0.3 is 0 Å². The highest BCUT2D eigenvalue weighted by atomic mass is 127. The van der Waals surface area contributed by atoms with Crippen LogP contribution >= 0.6 is 24.0 Å². The van der Waals surface area contributed by atoms with Gasteiger partial charge in [0.25, 0.3) is 0 Å². The Kier molecular flexibility index (Phi) is 10.0. The summed E-state index contributed by atoms with van der Waals surface area (Å²) in [5, 5.41) is 10.7. The Morgan fingerprint density at radius 2 is 2.04 bits per heavy atom. The Hall–Kier alpha value is -1.84. The quantitative estimate of drug-likeness (QED) is 0.350. The Morgan fingerprint density at radius 1 is 1.31 bits per heavy atom. The number of aliphatic imine (C=N–C) groups is 1. The van der Waals surface area contributed by atoms with Crippen molar-refractivity contribution in [1.29, 1.82) is 0 Å². The van der Waals surface area contributed by atoms with E-state index >= 15 is 0 Å². The summed E-state index contributed by atoms with van der Waals surface area (Å²) in [5.41, 5.74) is 1.18. The Labute approximate surface area is 171 Å². The minimum Gasteiger partial charge on any atom is -0.489 e. The minimum absolute atomic E-state index is 0. The lowest BCUT2D eigenvalue weighted by molar-refractivity contribution is 0.230. The molecule has 0 radical (unpaired) electrons. The predicted molar refractivity (Wildman–Crippen MR) is 113 cm³/mol. The van der Waals surface area contributed by atoms with Crippen LogP contribution in [0.5, 0.6) is 5.75 Å². The number of nitrogens with one attached hydrogen (secondary N) is 2. The molecule has 0 spiro atoms. The molecule has 0 saturated carbocycles. The monoisotopic (exact) mass is 475 g/mol. The van der Waals surface area contributed by atoms with Gasteiger partial charge in [0.2, 0.25) is 0 Å². The van der Waals surface area contributed by atoms with Crippen LogP contribution in [-0.4, -0.2) is 41.5 Å². The highest BCUT2D eigenvalue weighted by Crippen LogP contribution is 2.13. The van der Waals surface area contributed by atoms with Gasteiger partial charge in [0.05, 0.1) is 12.7 Å². The average Bonchev–Trinajstić information content (AvgIpc) is 3.00. The normalized spacial score (nSPS) is 12.2. The highest BCUT2D eigenvalue weighted by Gasteiger charge is 2.05. The minimum atomic E-state index is -0.273. The van der Waals surface area contributed by atoms with Gasteiger partial charge in [-0.25, -0.2) is 9.38 Å². The summed E-state index contributed by atoms with van der Waals surface area (Å²) in [6.45, 7) is 6.01. The molecule has 0 aliphatic carbocycles. The van der Waals surface area contributed by atoms with E-state index in [1.807, 2.05) is 33.3 Å². The van der Waals surface area contributed by atoms with Gasteiger partial charge in [-0.2, -0.15) is 5.10 Å². The molecule has 1 aromatic carbocycles. The van der Waals surface area contributed by atoms with Crippen LogP contribution in [0.4, 0.5) is 4.39 Å². The number of benzene rings is 1. The van der Waals surface area contributed by atoms with Crippen LogP contribution in [0, 0.1) is 5.82 Å². The van der Waals surface area contributed by atoms with Gasteiger partial charge in [0.1, 0.15) is 17.7 Å². The third-order valence-electron chi connectivity index (χ3n) is 3.47. The molecule has 0 bridgehead atoms. The van der Waals surface area contributed by atoms with E-state index in [4.69, 9.17) is 4.74 Å². The molecule has 2 aromatic rings. The fourth-order valence-corrected chi connectivity index (χ4v) is 2.27. The van der Waals surface area contributed by atoms with Gasteiger partial charge < -0.3 is 15.4 Å². The van der Waals surface area contributed by atoms with Gasteiger partial charge in [-0.3, -0.25) is 4.68 Å². The smallest absolute Gasteiger partial charge is 0.191 e. The van der Waals surface area contributed by atoms with Crippen molar-refractivity contribution >= 4 is 29.9 Å². The summed E-state index contributed by atoms with van der Waals surface area (Å²) in [4.78, 5) is 4.54. The van der Waals surface area contributed by atoms with Crippen LogP contribution in [0.1, 0.15) is 19.4 Å². The number of rotatable bonds is 8. The molecule has 2 N–H and O–H groups in total. The van der Waals surface area contributed by atoms with Crippen molar-refractivity contribution in [1.82, 2.24) is 20.4 Å². The first-order valence-corrected chi connectivity index (χ1v) is 8.48. The molecule has 144 valence electrons. The molecule has 1 aromatic heterocycles. The van der Waals surface area contributed by atoms with Gasteiger partial charge in [0, 0.05) is 26.3 Å². The molecule has 6 nitrogen and oxygen atoms in total. The topological polar surface area (TPSA) is 63.5 Å². The van der Waals surface area contributed by atoms with Gasteiger partial charge in [-0.05, 0) is 50.1 Å². The van der Waals surface area contributed by atoms with Crippen LogP contribution in [-0.2, 0) is 13.5 Å². The van der Waals surface area contributed by atoms with Crippen LogP contribution in [0.25, 0.3) is 0 Å². The van der Waals surface area contributed by atoms with E-state index < -0.39 is 0 Å². The molecule has 1 heterocycles. The largest absolute Gasteiger partial charge is 0.489 e. The average molecular weight is 475 g/mol. The zero-order valence-electron chi connectivity index (χ0n) is 15.4. The molecule has 8 heteroatoms.